The number of imidazole rings is 2. The SMILES string of the molecule is Cc1cc(N2CCC(n3cc[n+](CCC[n+]4ccn(C5CCN(c6ccc(N)c(C)c6)C5)c4)c3)C2)ccc1N.[Cl-].[Cl-]. The van der Waals surface area contributed by atoms with Crippen LogP contribution in [0.25, 0.3) is 0 Å². The highest BCUT2D eigenvalue weighted by atomic mass is 35.5. The Morgan fingerprint density at radius 1 is 0.707 bits per heavy atom. The second kappa shape index (κ2) is 13.1. The van der Waals surface area contributed by atoms with Gasteiger partial charge >= 0.3 is 0 Å². The van der Waals surface area contributed by atoms with Crippen LogP contribution in [0, 0.1) is 13.8 Å². The minimum absolute atomic E-state index is 0. The fourth-order valence-electron chi connectivity index (χ4n) is 6.11. The Balaban J connectivity index is 0.00000194. The van der Waals surface area contributed by atoms with E-state index in [9.17, 15) is 0 Å². The fourth-order valence-corrected chi connectivity index (χ4v) is 6.11. The Hall–Kier alpha value is -3.36. The van der Waals surface area contributed by atoms with Crippen molar-refractivity contribution in [3.05, 3.63) is 85.0 Å². The molecule has 0 radical (unpaired) electrons. The van der Waals surface area contributed by atoms with Crippen molar-refractivity contribution in [1.29, 1.82) is 0 Å². The van der Waals surface area contributed by atoms with E-state index < -0.39 is 0 Å². The minimum Gasteiger partial charge on any atom is -1.00 e. The second-order valence-electron chi connectivity index (χ2n) is 11.4. The standard InChI is InChI=1S/C31H42N8.2ClH/c1-24-18-26(4-6-30(24)32)36-12-8-28(20-36)38-16-14-34(22-38)10-3-11-35-15-17-39(23-35)29-9-13-37(21-29)27-5-7-31(33)25(2)19-27;;/h4-7,14-19,22-23,28-29H,3,8-13,20-21,32-33H2,1-2H3;2*1H/q+2;;/p-2. The molecule has 8 nitrogen and oxygen atoms in total. The molecule has 0 bridgehead atoms. The van der Waals surface area contributed by atoms with Crippen molar-refractivity contribution in [2.75, 3.05) is 47.4 Å². The van der Waals surface area contributed by atoms with E-state index in [1.807, 2.05) is 12.1 Å². The molecule has 2 atom stereocenters. The normalized spacial score (nSPS) is 18.4. The summed E-state index contributed by atoms with van der Waals surface area (Å²) in [7, 11) is 0. The van der Waals surface area contributed by atoms with Gasteiger partial charge in [0.1, 0.15) is 36.9 Å². The van der Waals surface area contributed by atoms with Crippen LogP contribution in [0.1, 0.15) is 42.5 Å². The van der Waals surface area contributed by atoms with Crippen LogP contribution in [-0.4, -0.2) is 35.3 Å². The van der Waals surface area contributed by atoms with Gasteiger partial charge in [-0.2, -0.15) is 0 Å². The van der Waals surface area contributed by atoms with Crippen LogP contribution in [0.3, 0.4) is 0 Å². The summed E-state index contributed by atoms with van der Waals surface area (Å²) >= 11 is 0. The zero-order valence-corrected chi connectivity index (χ0v) is 25.6. The van der Waals surface area contributed by atoms with Crippen molar-refractivity contribution < 1.29 is 33.9 Å². The zero-order chi connectivity index (χ0) is 26.9. The van der Waals surface area contributed by atoms with E-state index in [2.05, 4.69) is 104 Å². The summed E-state index contributed by atoms with van der Waals surface area (Å²) in [5.41, 5.74) is 18.6. The number of nitrogens with two attached hydrogens (primary N) is 2. The van der Waals surface area contributed by atoms with E-state index >= 15 is 0 Å². The van der Waals surface area contributed by atoms with E-state index in [4.69, 9.17) is 11.5 Å². The third-order valence-corrected chi connectivity index (χ3v) is 8.66. The molecule has 2 unspecified atom stereocenters. The van der Waals surface area contributed by atoms with Gasteiger partial charge in [-0.3, -0.25) is 0 Å². The summed E-state index contributed by atoms with van der Waals surface area (Å²) in [6.07, 6.45) is 16.9. The predicted octanol–water partition coefficient (Wildman–Crippen LogP) is -2.35. The van der Waals surface area contributed by atoms with Gasteiger partial charge in [-0.1, -0.05) is 0 Å². The largest absolute Gasteiger partial charge is 1.00 e. The lowest BCUT2D eigenvalue weighted by Crippen LogP contribution is -3.00. The predicted molar refractivity (Wildman–Crippen MR) is 157 cm³/mol. The molecule has 10 heteroatoms. The van der Waals surface area contributed by atoms with Crippen LogP contribution in [0.4, 0.5) is 22.7 Å². The van der Waals surface area contributed by atoms with E-state index in [-0.39, 0.29) is 24.8 Å². The lowest BCUT2D eigenvalue weighted by molar-refractivity contribution is -0.726. The molecule has 2 aliphatic heterocycles. The first-order valence-electron chi connectivity index (χ1n) is 14.3. The summed E-state index contributed by atoms with van der Waals surface area (Å²) in [6.45, 7) is 10.5. The highest BCUT2D eigenvalue weighted by Crippen LogP contribution is 2.30. The Kier molecular flexibility index (Phi) is 9.76. The minimum atomic E-state index is 0. The molecule has 6 rings (SSSR count). The van der Waals surface area contributed by atoms with Crippen LogP contribution >= 0.6 is 0 Å². The monoisotopic (exact) mass is 596 g/mol. The van der Waals surface area contributed by atoms with Crippen molar-refractivity contribution in [2.45, 2.75) is 58.3 Å². The molecule has 2 aromatic carbocycles. The van der Waals surface area contributed by atoms with E-state index in [0.717, 1.165) is 81.0 Å². The number of nitrogen functional groups attached to an aromatic ring is 2. The second-order valence-corrected chi connectivity index (χ2v) is 11.4. The lowest BCUT2D eigenvalue weighted by Gasteiger charge is -2.18. The van der Waals surface area contributed by atoms with Crippen molar-refractivity contribution in [3.63, 3.8) is 0 Å². The van der Waals surface area contributed by atoms with Gasteiger partial charge in [-0.05, 0) is 61.4 Å². The quantitative estimate of drug-likeness (QED) is 0.176. The number of aromatic nitrogens is 4. The number of anilines is 4. The molecular weight excluding hydrogens is 555 g/mol. The Morgan fingerprint density at radius 2 is 1.15 bits per heavy atom. The first kappa shape index (κ1) is 30.6. The van der Waals surface area contributed by atoms with E-state index in [1.54, 1.807) is 0 Å². The number of hydrogen-bond donors (Lipinski definition) is 2. The van der Waals surface area contributed by atoms with Gasteiger partial charge in [0.15, 0.2) is 0 Å². The maximum atomic E-state index is 6.02. The lowest BCUT2D eigenvalue weighted by atomic mass is 10.2. The first-order valence-corrected chi connectivity index (χ1v) is 14.3. The van der Waals surface area contributed by atoms with E-state index in [0.29, 0.717) is 12.1 Å². The molecule has 0 amide bonds. The zero-order valence-electron chi connectivity index (χ0n) is 24.0. The Bertz CT molecular complexity index is 1340. The van der Waals surface area contributed by atoms with Gasteiger partial charge in [0, 0.05) is 55.1 Å². The summed E-state index contributed by atoms with van der Waals surface area (Å²) in [5.74, 6) is 0. The summed E-state index contributed by atoms with van der Waals surface area (Å²) in [6, 6.07) is 13.8. The van der Waals surface area contributed by atoms with Crippen LogP contribution in [0.2, 0.25) is 0 Å². The maximum Gasteiger partial charge on any atom is 0.244 e. The summed E-state index contributed by atoms with van der Waals surface area (Å²) in [4.78, 5) is 4.95. The molecule has 2 fully saturated rings. The fraction of sp³-hybridized carbons (Fsp3) is 0.419. The Morgan fingerprint density at radius 3 is 1.56 bits per heavy atom. The van der Waals surface area contributed by atoms with Crippen LogP contribution in [-0.2, 0) is 13.1 Å². The molecule has 0 spiro atoms. The van der Waals surface area contributed by atoms with Gasteiger partial charge in [0.2, 0.25) is 12.7 Å². The summed E-state index contributed by atoms with van der Waals surface area (Å²) in [5, 5.41) is 0. The number of halogens is 2. The highest BCUT2D eigenvalue weighted by Gasteiger charge is 2.29. The first-order chi connectivity index (χ1) is 18.9. The van der Waals surface area contributed by atoms with Crippen molar-refractivity contribution in [1.82, 2.24) is 9.13 Å². The topological polar surface area (TPSA) is 76.1 Å². The molecule has 0 aliphatic carbocycles. The van der Waals surface area contributed by atoms with Crippen molar-refractivity contribution in [2.24, 2.45) is 0 Å². The third kappa shape index (κ3) is 6.76. The average Bonchev–Trinajstić information content (AvgIpc) is 3.73. The smallest absolute Gasteiger partial charge is 0.244 e. The van der Waals surface area contributed by atoms with Gasteiger partial charge < -0.3 is 46.1 Å². The molecule has 2 aliphatic rings. The molecule has 4 aromatic rings. The van der Waals surface area contributed by atoms with Crippen LogP contribution in [0.5, 0.6) is 0 Å². The maximum absolute atomic E-state index is 6.02. The van der Waals surface area contributed by atoms with Gasteiger partial charge in [-0.15, -0.1) is 0 Å². The van der Waals surface area contributed by atoms with Gasteiger partial charge in [0.25, 0.3) is 0 Å². The van der Waals surface area contributed by atoms with E-state index in [1.165, 1.54) is 11.4 Å². The highest BCUT2D eigenvalue weighted by molar-refractivity contribution is 5.59. The number of nitrogens with zero attached hydrogens (tertiary/aromatic N) is 6. The number of hydrogen-bond acceptors (Lipinski definition) is 4. The molecule has 41 heavy (non-hydrogen) atoms. The molecule has 0 saturated carbocycles. The molecular formula is C31H42Cl2N8. The molecule has 2 aromatic heterocycles. The van der Waals surface area contributed by atoms with Gasteiger partial charge in [0.05, 0.1) is 26.2 Å². The van der Waals surface area contributed by atoms with Crippen LogP contribution < -0.4 is 55.2 Å². The summed E-state index contributed by atoms with van der Waals surface area (Å²) < 4.78 is 9.44. The number of benzene rings is 2. The Labute approximate surface area is 256 Å². The molecule has 4 N–H and O–H groups in total. The van der Waals surface area contributed by atoms with Gasteiger partial charge in [-0.25, -0.2) is 18.3 Å². The number of aryl methyl sites for hydroxylation is 4. The van der Waals surface area contributed by atoms with Crippen LogP contribution in [0.15, 0.2) is 73.8 Å². The third-order valence-electron chi connectivity index (χ3n) is 8.66. The molecule has 4 heterocycles. The average molecular weight is 598 g/mol. The number of rotatable bonds is 8. The van der Waals surface area contributed by atoms with Crippen molar-refractivity contribution >= 4 is 22.7 Å². The van der Waals surface area contributed by atoms with Crippen molar-refractivity contribution in [3.8, 4) is 0 Å². The molecule has 2 saturated heterocycles. The molecule has 220 valence electrons.